The lowest BCUT2D eigenvalue weighted by Crippen LogP contribution is -2.45. The minimum atomic E-state index is -3.52. The maximum absolute atomic E-state index is 13.1. The molecule has 0 aliphatic carbocycles. The first-order valence-electron chi connectivity index (χ1n) is 13.1. The Morgan fingerprint density at radius 2 is 1.46 bits per heavy atom. The summed E-state index contributed by atoms with van der Waals surface area (Å²) < 4.78 is 26.1. The highest BCUT2D eigenvalue weighted by atomic mass is 35.5. The van der Waals surface area contributed by atoms with Crippen LogP contribution in [0.25, 0.3) is 0 Å². The smallest absolute Gasteiger partial charge is 0.265 e. The molecule has 0 bridgehead atoms. The van der Waals surface area contributed by atoms with Gasteiger partial charge in [-0.15, -0.1) is 0 Å². The van der Waals surface area contributed by atoms with E-state index >= 15 is 0 Å². The number of carbonyl (C=O) groups is 1. The Bertz CT molecular complexity index is 1400. The van der Waals surface area contributed by atoms with E-state index in [1.165, 1.54) is 11.8 Å². The molecule has 0 spiro atoms. The molecule has 2 aliphatic rings. The summed E-state index contributed by atoms with van der Waals surface area (Å²) in [6, 6.07) is 22.2. The van der Waals surface area contributed by atoms with E-state index in [1.54, 1.807) is 24.3 Å². The van der Waals surface area contributed by atoms with E-state index in [-0.39, 0.29) is 17.7 Å². The molecule has 2 fully saturated rings. The molecule has 9 heteroatoms. The molecule has 0 radical (unpaired) electrons. The van der Waals surface area contributed by atoms with E-state index in [0.29, 0.717) is 34.3 Å². The number of nitrogens with one attached hydrogen (secondary N) is 1. The van der Waals surface area contributed by atoms with E-state index in [2.05, 4.69) is 10.3 Å². The Morgan fingerprint density at radius 3 is 2.05 bits per heavy atom. The zero-order valence-corrected chi connectivity index (χ0v) is 23.9. The van der Waals surface area contributed by atoms with Crippen LogP contribution in [0.1, 0.15) is 52.4 Å². The van der Waals surface area contributed by atoms with Gasteiger partial charge in [-0.1, -0.05) is 66.0 Å². The van der Waals surface area contributed by atoms with Crippen LogP contribution in [0.3, 0.4) is 0 Å². The van der Waals surface area contributed by atoms with Gasteiger partial charge in [-0.3, -0.25) is 15.1 Å². The van der Waals surface area contributed by atoms with Gasteiger partial charge in [0, 0.05) is 47.2 Å². The van der Waals surface area contributed by atoms with E-state index < -0.39 is 9.84 Å². The van der Waals surface area contributed by atoms with Gasteiger partial charge in [0.05, 0.1) is 11.8 Å². The highest BCUT2D eigenvalue weighted by Gasteiger charge is 2.31. The molecule has 1 N–H and O–H groups in total. The molecule has 204 valence electrons. The highest BCUT2D eigenvalue weighted by Crippen LogP contribution is 2.35. The molecular formula is C30H31Cl2N3O3S. The fourth-order valence-electron chi connectivity index (χ4n) is 5.18. The van der Waals surface area contributed by atoms with Gasteiger partial charge < -0.3 is 0 Å². The number of hydrogen-bond donors (Lipinski definition) is 1. The monoisotopic (exact) mass is 583 g/mol. The first-order chi connectivity index (χ1) is 18.8. The molecule has 2 saturated heterocycles. The van der Waals surface area contributed by atoms with E-state index in [4.69, 9.17) is 23.2 Å². The minimum Gasteiger partial charge on any atom is -0.285 e. The van der Waals surface area contributed by atoms with Gasteiger partial charge in [0.15, 0.2) is 9.84 Å². The predicted octanol–water partition coefficient (Wildman–Crippen LogP) is 6.03. The molecule has 2 heterocycles. The van der Waals surface area contributed by atoms with Gasteiger partial charge in [-0.2, -0.15) is 0 Å². The number of piperidine rings is 1. The average molecular weight is 585 g/mol. The number of halogens is 2. The van der Waals surface area contributed by atoms with Crippen LogP contribution in [0.5, 0.6) is 0 Å². The second-order valence-electron chi connectivity index (χ2n) is 10.2. The second-order valence-corrected chi connectivity index (χ2v) is 12.9. The van der Waals surface area contributed by atoms with Crippen molar-refractivity contribution < 1.29 is 13.2 Å². The first kappa shape index (κ1) is 27.9. The third-order valence-electron chi connectivity index (χ3n) is 7.07. The van der Waals surface area contributed by atoms with Crippen molar-refractivity contribution in [1.82, 2.24) is 15.3 Å². The second kappa shape index (κ2) is 12.2. The Kier molecular flexibility index (Phi) is 8.74. The van der Waals surface area contributed by atoms with Crippen LogP contribution in [-0.4, -0.2) is 50.4 Å². The fourth-order valence-corrected chi connectivity index (χ4v) is 6.82. The number of hydrazine groups is 1. The van der Waals surface area contributed by atoms with Crippen molar-refractivity contribution in [2.24, 2.45) is 0 Å². The number of sulfone groups is 1. The number of rotatable bonds is 8. The molecule has 6 nitrogen and oxygen atoms in total. The topological polar surface area (TPSA) is 69.7 Å². The van der Waals surface area contributed by atoms with Gasteiger partial charge in [-0.05, 0) is 71.5 Å². The number of nitrogens with zero attached hydrogens (tertiary/aromatic N) is 2. The summed E-state index contributed by atoms with van der Waals surface area (Å²) >= 11 is 12.2. The number of likely N-dealkylation sites (tertiary alicyclic amines) is 1. The molecule has 3 aromatic rings. The molecule has 0 atom stereocenters. The molecule has 3 aromatic carbocycles. The van der Waals surface area contributed by atoms with Gasteiger partial charge in [0.2, 0.25) is 0 Å². The summed E-state index contributed by atoms with van der Waals surface area (Å²) in [6.45, 7) is 2.74. The van der Waals surface area contributed by atoms with E-state index in [0.717, 1.165) is 42.6 Å². The summed E-state index contributed by atoms with van der Waals surface area (Å²) in [5.41, 5.74) is 6.99. The lowest BCUT2D eigenvalue weighted by Gasteiger charge is -2.41. The zero-order valence-electron chi connectivity index (χ0n) is 21.5. The van der Waals surface area contributed by atoms with Crippen molar-refractivity contribution in [3.05, 3.63) is 116 Å². The average Bonchev–Trinajstić information content (AvgIpc) is 2.90. The Morgan fingerprint density at radius 1 is 0.872 bits per heavy atom. The standard InChI is InChI=1S/C30H31Cl2N3O3S/c31-27-11-7-24(8-12-27)29(25-9-13-28(32)14-10-25)34-18-23(19-34)21-39(37,38)20-22-5-4-6-26(17-22)30(36)33-35-15-2-1-3-16-35/h4-14,17,21,29H,1-3,15-16,18-20H2,(H,33,36). The van der Waals surface area contributed by atoms with E-state index in [9.17, 15) is 13.2 Å². The van der Waals surface area contributed by atoms with Crippen LogP contribution in [0, 0.1) is 0 Å². The van der Waals surface area contributed by atoms with Crippen molar-refractivity contribution >= 4 is 38.9 Å². The van der Waals surface area contributed by atoms with Gasteiger partial charge in [0.25, 0.3) is 5.91 Å². The maximum Gasteiger partial charge on any atom is 0.265 e. The zero-order chi connectivity index (χ0) is 27.4. The lowest BCUT2D eigenvalue weighted by atomic mass is 9.93. The normalized spacial score (nSPS) is 16.6. The minimum absolute atomic E-state index is 0.0468. The van der Waals surface area contributed by atoms with Crippen LogP contribution in [0.4, 0.5) is 0 Å². The van der Waals surface area contributed by atoms with Crippen LogP contribution in [-0.2, 0) is 15.6 Å². The van der Waals surface area contributed by atoms with Crippen LogP contribution in [0.2, 0.25) is 10.0 Å². The molecule has 1 amide bonds. The maximum atomic E-state index is 13.1. The highest BCUT2D eigenvalue weighted by molar-refractivity contribution is 7.93. The molecular weight excluding hydrogens is 553 g/mol. The van der Waals surface area contributed by atoms with Crippen molar-refractivity contribution in [2.45, 2.75) is 31.1 Å². The van der Waals surface area contributed by atoms with Crippen molar-refractivity contribution in [3.63, 3.8) is 0 Å². The molecule has 2 aliphatic heterocycles. The predicted molar refractivity (Wildman–Crippen MR) is 156 cm³/mol. The molecule has 0 saturated carbocycles. The van der Waals surface area contributed by atoms with Gasteiger partial charge in [0.1, 0.15) is 0 Å². The Hall–Kier alpha value is -2.68. The third kappa shape index (κ3) is 7.29. The molecule has 5 rings (SSSR count). The van der Waals surface area contributed by atoms with E-state index in [1.807, 2.05) is 53.5 Å². The van der Waals surface area contributed by atoms with Crippen LogP contribution < -0.4 is 5.43 Å². The molecule has 39 heavy (non-hydrogen) atoms. The molecule has 0 unspecified atom stereocenters. The summed E-state index contributed by atoms with van der Waals surface area (Å²) in [7, 11) is -3.52. The Balaban J connectivity index is 1.26. The number of hydrogen-bond acceptors (Lipinski definition) is 5. The van der Waals surface area contributed by atoms with Crippen molar-refractivity contribution in [1.29, 1.82) is 0 Å². The first-order valence-corrected chi connectivity index (χ1v) is 15.5. The lowest BCUT2D eigenvalue weighted by molar-refractivity contribution is 0.0750. The quantitative estimate of drug-likeness (QED) is 0.350. The number of amides is 1. The molecule has 0 aromatic heterocycles. The van der Waals surface area contributed by atoms with Gasteiger partial charge >= 0.3 is 0 Å². The van der Waals surface area contributed by atoms with Crippen LogP contribution in [0.15, 0.2) is 83.8 Å². The third-order valence-corrected chi connectivity index (χ3v) is 9.00. The fraction of sp³-hybridized carbons (Fsp3) is 0.300. The summed E-state index contributed by atoms with van der Waals surface area (Å²) in [4.78, 5) is 14.9. The summed E-state index contributed by atoms with van der Waals surface area (Å²) in [5.74, 6) is -0.362. The largest absolute Gasteiger partial charge is 0.285 e. The van der Waals surface area contributed by atoms with Crippen LogP contribution >= 0.6 is 23.2 Å². The number of carbonyl (C=O) groups excluding carboxylic acids is 1. The summed E-state index contributed by atoms with van der Waals surface area (Å²) in [6.07, 6.45) is 3.30. The van der Waals surface area contributed by atoms with Gasteiger partial charge in [-0.25, -0.2) is 13.4 Å². The van der Waals surface area contributed by atoms with Crippen molar-refractivity contribution in [2.75, 3.05) is 26.2 Å². The number of benzene rings is 3. The van der Waals surface area contributed by atoms with Crippen molar-refractivity contribution in [3.8, 4) is 0 Å². The SMILES string of the molecule is O=C(NN1CCCCC1)c1cccc(CS(=O)(=O)C=C2CN(C(c3ccc(Cl)cc3)c3ccc(Cl)cc3)C2)c1. The summed E-state index contributed by atoms with van der Waals surface area (Å²) in [5, 5.41) is 4.66. The Labute approximate surface area is 240 Å².